The van der Waals surface area contributed by atoms with Gasteiger partial charge in [-0.3, -0.25) is 4.79 Å². The molecule has 1 amide bonds. The molecule has 0 spiro atoms. The van der Waals surface area contributed by atoms with Crippen molar-refractivity contribution < 1.29 is 14.7 Å². The fourth-order valence-corrected chi connectivity index (χ4v) is 3.43. The summed E-state index contributed by atoms with van der Waals surface area (Å²) in [5.41, 5.74) is 0.174. The molecule has 5 heteroatoms. The largest absolute Gasteiger partial charge is 0.477 e. The Hall–Kier alpha value is -1.78. The molecule has 102 valence electrons. The van der Waals surface area contributed by atoms with Gasteiger partial charge in [0.25, 0.3) is 0 Å². The van der Waals surface area contributed by atoms with Crippen molar-refractivity contribution in [3.05, 3.63) is 24.0 Å². The second-order valence-electron chi connectivity index (χ2n) is 5.58. The quantitative estimate of drug-likeness (QED) is 0.896. The third kappa shape index (κ3) is 2.25. The van der Waals surface area contributed by atoms with Crippen molar-refractivity contribution in [3.63, 3.8) is 0 Å². The summed E-state index contributed by atoms with van der Waals surface area (Å²) in [5, 5.41) is 9.02. The van der Waals surface area contributed by atoms with Gasteiger partial charge in [-0.1, -0.05) is 6.42 Å². The van der Waals surface area contributed by atoms with Crippen LogP contribution in [0.1, 0.15) is 29.8 Å². The molecular formula is C14H18N2O3. The number of nitrogens with zero attached hydrogens (tertiary/aromatic N) is 2. The van der Waals surface area contributed by atoms with Crippen LogP contribution < -0.4 is 0 Å². The Labute approximate surface area is 111 Å². The molecule has 0 radical (unpaired) electrons. The molecule has 1 saturated carbocycles. The van der Waals surface area contributed by atoms with Crippen molar-refractivity contribution in [3.8, 4) is 0 Å². The van der Waals surface area contributed by atoms with E-state index in [0.717, 1.165) is 13.1 Å². The minimum Gasteiger partial charge on any atom is -0.477 e. The third-order valence-electron chi connectivity index (χ3n) is 4.43. The summed E-state index contributed by atoms with van der Waals surface area (Å²) in [6.07, 6.45) is 5.41. The van der Waals surface area contributed by atoms with Gasteiger partial charge in [-0.15, -0.1) is 0 Å². The molecule has 1 aliphatic carbocycles. The summed E-state index contributed by atoms with van der Waals surface area (Å²) < 4.78 is 1.51. The number of aromatic nitrogens is 1. The first kappa shape index (κ1) is 12.3. The van der Waals surface area contributed by atoms with Gasteiger partial charge in [0.2, 0.25) is 5.91 Å². The number of rotatable bonds is 3. The lowest BCUT2D eigenvalue weighted by Gasteiger charge is -2.18. The highest BCUT2D eigenvalue weighted by molar-refractivity contribution is 5.87. The zero-order valence-electron chi connectivity index (χ0n) is 10.8. The number of aromatic carboxylic acids is 1. The Morgan fingerprint density at radius 1 is 1.26 bits per heavy atom. The van der Waals surface area contributed by atoms with Crippen LogP contribution in [0.2, 0.25) is 0 Å². The van der Waals surface area contributed by atoms with Crippen LogP contribution in [0.5, 0.6) is 0 Å². The topological polar surface area (TPSA) is 62.5 Å². The SMILES string of the molecule is O=C(O)c1cccn1CC(=O)N1CC2CCCC2C1. The fourth-order valence-electron chi connectivity index (χ4n) is 3.43. The maximum absolute atomic E-state index is 12.2. The normalized spacial score (nSPS) is 25.6. The first-order valence-corrected chi connectivity index (χ1v) is 6.81. The van der Waals surface area contributed by atoms with Crippen LogP contribution in [0.4, 0.5) is 0 Å². The Morgan fingerprint density at radius 2 is 1.95 bits per heavy atom. The van der Waals surface area contributed by atoms with Gasteiger partial charge in [0.1, 0.15) is 12.2 Å². The summed E-state index contributed by atoms with van der Waals surface area (Å²) in [4.78, 5) is 25.1. The van der Waals surface area contributed by atoms with E-state index in [1.54, 1.807) is 12.3 Å². The maximum Gasteiger partial charge on any atom is 0.352 e. The van der Waals surface area contributed by atoms with E-state index in [1.807, 2.05) is 4.90 Å². The van der Waals surface area contributed by atoms with Crippen molar-refractivity contribution in [1.29, 1.82) is 0 Å². The molecule has 5 nitrogen and oxygen atoms in total. The van der Waals surface area contributed by atoms with Gasteiger partial charge in [-0.05, 0) is 36.8 Å². The van der Waals surface area contributed by atoms with Crippen molar-refractivity contribution in [2.45, 2.75) is 25.8 Å². The molecular weight excluding hydrogens is 244 g/mol. The fraction of sp³-hybridized carbons (Fsp3) is 0.571. The van der Waals surface area contributed by atoms with E-state index >= 15 is 0 Å². The molecule has 2 unspecified atom stereocenters. The van der Waals surface area contributed by atoms with Crippen LogP contribution in [0.3, 0.4) is 0 Å². The lowest BCUT2D eigenvalue weighted by atomic mass is 10.0. The van der Waals surface area contributed by atoms with Gasteiger partial charge in [-0.25, -0.2) is 4.79 Å². The van der Waals surface area contributed by atoms with Gasteiger partial charge >= 0.3 is 5.97 Å². The summed E-state index contributed by atoms with van der Waals surface area (Å²) in [6, 6.07) is 3.18. The number of fused-ring (bicyclic) bond motifs is 1. The molecule has 1 aliphatic heterocycles. The minimum atomic E-state index is -0.990. The van der Waals surface area contributed by atoms with Gasteiger partial charge in [0.05, 0.1) is 0 Å². The Morgan fingerprint density at radius 3 is 2.58 bits per heavy atom. The Bertz CT molecular complexity index is 497. The van der Waals surface area contributed by atoms with Crippen molar-refractivity contribution in [2.75, 3.05) is 13.1 Å². The minimum absolute atomic E-state index is 0.0353. The molecule has 1 aromatic rings. The third-order valence-corrected chi connectivity index (χ3v) is 4.43. The molecule has 1 N–H and O–H groups in total. The Kier molecular flexibility index (Phi) is 3.05. The number of hydrogen-bond acceptors (Lipinski definition) is 2. The number of carboxylic acid groups (broad SMARTS) is 1. The molecule has 0 aromatic carbocycles. The predicted molar refractivity (Wildman–Crippen MR) is 68.8 cm³/mol. The first-order chi connectivity index (χ1) is 9.15. The molecule has 19 heavy (non-hydrogen) atoms. The van der Waals surface area contributed by atoms with Crippen molar-refractivity contribution in [1.82, 2.24) is 9.47 Å². The van der Waals surface area contributed by atoms with E-state index in [0.29, 0.717) is 11.8 Å². The van der Waals surface area contributed by atoms with E-state index in [9.17, 15) is 9.59 Å². The molecule has 3 rings (SSSR count). The van der Waals surface area contributed by atoms with E-state index in [2.05, 4.69) is 0 Å². The molecule has 0 bridgehead atoms. The van der Waals surface area contributed by atoms with Gasteiger partial charge in [0, 0.05) is 19.3 Å². The number of carboxylic acids is 1. The average molecular weight is 262 g/mol. The lowest BCUT2D eigenvalue weighted by molar-refractivity contribution is -0.131. The van der Waals surface area contributed by atoms with E-state index in [1.165, 1.54) is 29.9 Å². The number of amides is 1. The first-order valence-electron chi connectivity index (χ1n) is 6.81. The number of likely N-dealkylation sites (tertiary alicyclic amines) is 1. The van der Waals surface area contributed by atoms with Crippen LogP contribution in [0.15, 0.2) is 18.3 Å². The van der Waals surface area contributed by atoms with Crippen molar-refractivity contribution >= 4 is 11.9 Å². The highest BCUT2D eigenvalue weighted by Crippen LogP contribution is 2.37. The highest BCUT2D eigenvalue weighted by atomic mass is 16.4. The summed E-state index contributed by atoms with van der Waals surface area (Å²) >= 11 is 0. The standard InChI is InChI=1S/C14H18N2O3/c17-13(9-15-6-2-5-12(15)14(18)19)16-7-10-3-1-4-11(10)8-16/h2,5-6,10-11H,1,3-4,7-9H2,(H,18,19). The van der Waals surface area contributed by atoms with Gasteiger partial charge < -0.3 is 14.6 Å². The zero-order chi connectivity index (χ0) is 13.4. The summed E-state index contributed by atoms with van der Waals surface area (Å²) in [7, 11) is 0. The number of carbonyl (C=O) groups excluding carboxylic acids is 1. The molecule has 1 aromatic heterocycles. The zero-order valence-corrected chi connectivity index (χ0v) is 10.8. The highest BCUT2D eigenvalue weighted by Gasteiger charge is 2.37. The van der Waals surface area contributed by atoms with Crippen LogP contribution in [-0.4, -0.2) is 39.5 Å². The Balaban J connectivity index is 1.65. The molecule has 2 atom stereocenters. The second kappa shape index (κ2) is 4.72. The lowest BCUT2D eigenvalue weighted by Crippen LogP contribution is -2.33. The van der Waals surface area contributed by atoms with Crippen LogP contribution in [0, 0.1) is 11.8 Å². The molecule has 2 aliphatic rings. The molecule has 1 saturated heterocycles. The summed E-state index contributed by atoms with van der Waals surface area (Å²) in [5.74, 6) is 0.393. The average Bonchev–Trinajstić information content (AvgIpc) is 3.01. The molecule has 2 fully saturated rings. The maximum atomic E-state index is 12.2. The predicted octanol–water partition coefficient (Wildman–Crippen LogP) is 1.44. The number of carbonyl (C=O) groups is 2. The summed E-state index contributed by atoms with van der Waals surface area (Å²) in [6.45, 7) is 1.84. The van der Waals surface area contributed by atoms with E-state index < -0.39 is 5.97 Å². The van der Waals surface area contributed by atoms with Crippen LogP contribution in [-0.2, 0) is 11.3 Å². The number of hydrogen-bond donors (Lipinski definition) is 1. The van der Waals surface area contributed by atoms with Gasteiger partial charge in [0.15, 0.2) is 0 Å². The van der Waals surface area contributed by atoms with E-state index in [-0.39, 0.29) is 18.1 Å². The second-order valence-corrected chi connectivity index (χ2v) is 5.58. The monoisotopic (exact) mass is 262 g/mol. The van der Waals surface area contributed by atoms with E-state index in [4.69, 9.17) is 5.11 Å². The van der Waals surface area contributed by atoms with Crippen molar-refractivity contribution in [2.24, 2.45) is 11.8 Å². The molecule has 2 heterocycles. The van der Waals surface area contributed by atoms with Gasteiger partial charge in [-0.2, -0.15) is 0 Å². The van der Waals surface area contributed by atoms with Crippen LogP contribution >= 0.6 is 0 Å². The van der Waals surface area contributed by atoms with Crippen LogP contribution in [0.25, 0.3) is 0 Å². The smallest absolute Gasteiger partial charge is 0.352 e.